The van der Waals surface area contributed by atoms with Gasteiger partial charge in [0.05, 0.1) is 12.8 Å². The lowest BCUT2D eigenvalue weighted by atomic mass is 9.89. The summed E-state index contributed by atoms with van der Waals surface area (Å²) in [7, 11) is 1.75. The third-order valence-corrected chi connectivity index (χ3v) is 4.22. The zero-order valence-corrected chi connectivity index (χ0v) is 13.1. The van der Waals surface area contributed by atoms with E-state index >= 15 is 0 Å². The molecule has 1 aromatic carbocycles. The standard InChI is InChI=1S/C18H20N2O3/c1-20(12-15-6-4-10-23-15)17(21)9-8-14-11-13-5-2-3-7-16(13)19-18(14)22/h2-7,10,14H,8-9,11-12H2,1H3,(H,19,22). The Morgan fingerprint density at radius 1 is 1.30 bits per heavy atom. The Labute approximate surface area is 135 Å². The van der Waals surface area contributed by atoms with Crippen molar-refractivity contribution in [3.05, 3.63) is 54.0 Å². The van der Waals surface area contributed by atoms with E-state index in [2.05, 4.69) is 5.32 Å². The van der Waals surface area contributed by atoms with E-state index in [4.69, 9.17) is 4.42 Å². The van der Waals surface area contributed by atoms with Crippen molar-refractivity contribution in [2.75, 3.05) is 12.4 Å². The number of carbonyl (C=O) groups excluding carboxylic acids is 2. The Kier molecular flexibility index (Phi) is 4.46. The second-order valence-electron chi connectivity index (χ2n) is 5.92. The first kappa shape index (κ1) is 15.3. The molecule has 0 spiro atoms. The third kappa shape index (κ3) is 3.62. The van der Waals surface area contributed by atoms with E-state index in [0.29, 0.717) is 25.8 Å². The Morgan fingerprint density at radius 3 is 2.91 bits per heavy atom. The zero-order chi connectivity index (χ0) is 16.2. The van der Waals surface area contributed by atoms with Crippen LogP contribution in [0.3, 0.4) is 0 Å². The number of hydrogen-bond donors (Lipinski definition) is 1. The van der Waals surface area contributed by atoms with Gasteiger partial charge < -0.3 is 14.6 Å². The lowest BCUT2D eigenvalue weighted by Gasteiger charge is -2.25. The molecule has 3 rings (SSSR count). The number of rotatable bonds is 5. The van der Waals surface area contributed by atoms with Crippen LogP contribution in [0, 0.1) is 5.92 Å². The predicted octanol–water partition coefficient (Wildman–Crippen LogP) is 2.83. The molecule has 0 saturated heterocycles. The fraction of sp³-hybridized carbons (Fsp3) is 0.333. The van der Waals surface area contributed by atoms with Crippen LogP contribution in [0.2, 0.25) is 0 Å². The number of para-hydroxylation sites is 1. The van der Waals surface area contributed by atoms with Gasteiger partial charge in [-0.05, 0) is 36.6 Å². The second kappa shape index (κ2) is 6.69. The number of amides is 2. The van der Waals surface area contributed by atoms with Gasteiger partial charge >= 0.3 is 0 Å². The summed E-state index contributed by atoms with van der Waals surface area (Å²) in [6.45, 7) is 0.450. The maximum Gasteiger partial charge on any atom is 0.227 e. The minimum absolute atomic E-state index is 0.00480. The van der Waals surface area contributed by atoms with Crippen LogP contribution in [0.5, 0.6) is 0 Å². The highest BCUT2D eigenvalue weighted by Crippen LogP contribution is 2.27. The summed E-state index contributed by atoms with van der Waals surface area (Å²) in [4.78, 5) is 26.0. The molecule has 1 N–H and O–H groups in total. The van der Waals surface area contributed by atoms with Crippen LogP contribution in [-0.2, 0) is 22.6 Å². The Morgan fingerprint density at radius 2 is 2.13 bits per heavy atom. The van der Waals surface area contributed by atoms with Gasteiger partial charge in [-0.2, -0.15) is 0 Å². The van der Waals surface area contributed by atoms with Crippen molar-refractivity contribution in [2.45, 2.75) is 25.8 Å². The van der Waals surface area contributed by atoms with Crippen molar-refractivity contribution in [3.63, 3.8) is 0 Å². The van der Waals surface area contributed by atoms with Crippen LogP contribution < -0.4 is 5.32 Å². The maximum atomic E-state index is 12.2. The normalized spacial score (nSPS) is 16.6. The van der Waals surface area contributed by atoms with E-state index in [1.54, 1.807) is 24.3 Å². The van der Waals surface area contributed by atoms with E-state index in [-0.39, 0.29) is 17.7 Å². The molecule has 2 aromatic rings. The molecule has 23 heavy (non-hydrogen) atoms. The van der Waals surface area contributed by atoms with Crippen molar-refractivity contribution in [3.8, 4) is 0 Å². The Hall–Kier alpha value is -2.56. The highest BCUT2D eigenvalue weighted by molar-refractivity contribution is 5.96. The number of carbonyl (C=O) groups is 2. The molecular formula is C18H20N2O3. The van der Waals surface area contributed by atoms with E-state index < -0.39 is 0 Å². The number of furan rings is 1. The fourth-order valence-electron chi connectivity index (χ4n) is 2.86. The van der Waals surface area contributed by atoms with Gasteiger partial charge in [0.2, 0.25) is 11.8 Å². The van der Waals surface area contributed by atoms with E-state index in [1.165, 1.54) is 0 Å². The molecule has 1 atom stereocenters. The average molecular weight is 312 g/mol. The van der Waals surface area contributed by atoms with Gasteiger partial charge in [0.1, 0.15) is 5.76 Å². The Balaban J connectivity index is 1.54. The third-order valence-electron chi connectivity index (χ3n) is 4.22. The van der Waals surface area contributed by atoms with Gasteiger partial charge in [0, 0.05) is 25.1 Å². The molecule has 0 aliphatic carbocycles. The summed E-state index contributed by atoms with van der Waals surface area (Å²) in [5.41, 5.74) is 2.02. The average Bonchev–Trinajstić information content (AvgIpc) is 3.05. The molecule has 1 aliphatic heterocycles. The van der Waals surface area contributed by atoms with Crippen LogP contribution in [0.15, 0.2) is 47.1 Å². The van der Waals surface area contributed by atoms with Crippen LogP contribution in [-0.4, -0.2) is 23.8 Å². The van der Waals surface area contributed by atoms with Crippen molar-refractivity contribution in [1.82, 2.24) is 4.90 Å². The number of fused-ring (bicyclic) bond motifs is 1. The molecule has 120 valence electrons. The van der Waals surface area contributed by atoms with Crippen LogP contribution in [0.1, 0.15) is 24.2 Å². The molecule has 0 radical (unpaired) electrons. The summed E-state index contributed by atoms with van der Waals surface area (Å²) < 4.78 is 5.25. The lowest BCUT2D eigenvalue weighted by molar-refractivity contribution is -0.131. The molecule has 0 bridgehead atoms. The SMILES string of the molecule is CN(Cc1ccco1)C(=O)CCC1Cc2ccccc2NC1=O. The van der Waals surface area contributed by atoms with Gasteiger partial charge in [0.15, 0.2) is 0 Å². The zero-order valence-electron chi connectivity index (χ0n) is 13.1. The van der Waals surface area contributed by atoms with Crippen molar-refractivity contribution in [1.29, 1.82) is 0 Å². The molecule has 2 amide bonds. The fourth-order valence-corrected chi connectivity index (χ4v) is 2.86. The van der Waals surface area contributed by atoms with Crippen LogP contribution in [0.25, 0.3) is 0 Å². The molecule has 5 heteroatoms. The molecular weight excluding hydrogens is 292 g/mol. The highest BCUT2D eigenvalue weighted by atomic mass is 16.3. The van der Waals surface area contributed by atoms with Crippen LogP contribution in [0.4, 0.5) is 5.69 Å². The summed E-state index contributed by atoms with van der Waals surface area (Å²) >= 11 is 0. The van der Waals surface area contributed by atoms with Crippen molar-refractivity contribution in [2.24, 2.45) is 5.92 Å². The van der Waals surface area contributed by atoms with E-state index in [1.807, 2.05) is 30.3 Å². The molecule has 0 fully saturated rings. The molecule has 1 aliphatic rings. The maximum absolute atomic E-state index is 12.2. The summed E-state index contributed by atoms with van der Waals surface area (Å²) in [6.07, 6.45) is 3.20. The highest BCUT2D eigenvalue weighted by Gasteiger charge is 2.26. The van der Waals surface area contributed by atoms with Gasteiger partial charge in [0.25, 0.3) is 0 Å². The van der Waals surface area contributed by atoms with E-state index in [0.717, 1.165) is 17.0 Å². The minimum atomic E-state index is -0.147. The first-order valence-electron chi connectivity index (χ1n) is 7.78. The van der Waals surface area contributed by atoms with Gasteiger partial charge in [-0.25, -0.2) is 0 Å². The molecule has 2 heterocycles. The quantitative estimate of drug-likeness (QED) is 0.923. The number of hydrogen-bond acceptors (Lipinski definition) is 3. The number of nitrogens with one attached hydrogen (secondary N) is 1. The minimum Gasteiger partial charge on any atom is -0.467 e. The topological polar surface area (TPSA) is 62.6 Å². The van der Waals surface area contributed by atoms with Crippen LogP contribution >= 0.6 is 0 Å². The monoisotopic (exact) mass is 312 g/mol. The summed E-state index contributed by atoms with van der Waals surface area (Å²) in [5, 5.41) is 2.92. The van der Waals surface area contributed by atoms with Gasteiger partial charge in [-0.3, -0.25) is 9.59 Å². The van der Waals surface area contributed by atoms with Crippen molar-refractivity contribution < 1.29 is 14.0 Å². The van der Waals surface area contributed by atoms with E-state index in [9.17, 15) is 9.59 Å². The van der Waals surface area contributed by atoms with Crippen molar-refractivity contribution >= 4 is 17.5 Å². The first-order chi connectivity index (χ1) is 11.1. The van der Waals surface area contributed by atoms with Gasteiger partial charge in [-0.1, -0.05) is 18.2 Å². The van der Waals surface area contributed by atoms with Gasteiger partial charge in [-0.15, -0.1) is 0 Å². The first-order valence-corrected chi connectivity index (χ1v) is 7.78. The molecule has 1 aromatic heterocycles. The molecule has 5 nitrogen and oxygen atoms in total. The largest absolute Gasteiger partial charge is 0.467 e. The summed E-state index contributed by atoms with van der Waals surface area (Å²) in [6, 6.07) is 11.5. The smallest absolute Gasteiger partial charge is 0.227 e. The number of anilines is 1. The predicted molar refractivity (Wildman–Crippen MR) is 86.7 cm³/mol. The number of nitrogens with zero attached hydrogens (tertiary/aromatic N) is 1. The molecule has 0 saturated carbocycles. The second-order valence-corrected chi connectivity index (χ2v) is 5.92. The molecule has 1 unspecified atom stereocenters. The summed E-state index contributed by atoms with van der Waals surface area (Å²) in [5.74, 6) is 0.634. The lowest BCUT2D eigenvalue weighted by Crippen LogP contribution is -2.32. The number of benzene rings is 1. The Bertz CT molecular complexity index is 694.